The number of carbonyl (C=O) groups is 1. The zero-order chi connectivity index (χ0) is 12.0. The second-order valence-electron chi connectivity index (χ2n) is 3.18. The number of benzene rings is 1. The molecule has 4 nitrogen and oxygen atoms in total. The van der Waals surface area contributed by atoms with Gasteiger partial charge in [0.1, 0.15) is 12.4 Å². The molecule has 0 aliphatic carbocycles. The molecule has 0 aliphatic rings. The van der Waals surface area contributed by atoms with Crippen LogP contribution in [0.2, 0.25) is 0 Å². The third-order valence-electron chi connectivity index (χ3n) is 1.90. The van der Waals surface area contributed by atoms with E-state index in [4.69, 9.17) is 14.6 Å². The Morgan fingerprint density at radius 2 is 2.19 bits per heavy atom. The van der Waals surface area contributed by atoms with Crippen LogP contribution in [-0.4, -0.2) is 31.4 Å². The first-order chi connectivity index (χ1) is 7.63. The van der Waals surface area contributed by atoms with E-state index in [-0.39, 0.29) is 6.42 Å². The first kappa shape index (κ1) is 13.0. The van der Waals surface area contributed by atoms with Crippen molar-refractivity contribution in [2.75, 3.05) is 20.3 Å². The van der Waals surface area contributed by atoms with E-state index >= 15 is 0 Å². The van der Waals surface area contributed by atoms with E-state index in [9.17, 15) is 4.79 Å². The number of aliphatic carboxylic acids is 1. The molecule has 0 aliphatic heterocycles. The quantitative estimate of drug-likeness (QED) is 0.815. The summed E-state index contributed by atoms with van der Waals surface area (Å²) in [4.78, 5) is 10.5. The summed E-state index contributed by atoms with van der Waals surface area (Å²) in [7, 11) is 1.61. The molecule has 0 saturated heterocycles. The highest BCUT2D eigenvalue weighted by Crippen LogP contribution is 2.26. The molecule has 1 aromatic rings. The average molecular weight is 289 g/mol. The lowest BCUT2D eigenvalue weighted by Crippen LogP contribution is -2.05. The Bertz CT molecular complexity index is 365. The van der Waals surface area contributed by atoms with Crippen LogP contribution in [-0.2, 0) is 16.0 Å². The molecule has 1 rings (SSSR count). The molecule has 0 fully saturated rings. The van der Waals surface area contributed by atoms with Gasteiger partial charge < -0.3 is 14.6 Å². The van der Waals surface area contributed by atoms with Crippen LogP contribution in [0.1, 0.15) is 5.56 Å². The molecule has 1 aromatic carbocycles. The molecule has 0 amide bonds. The second-order valence-corrected chi connectivity index (χ2v) is 4.03. The van der Waals surface area contributed by atoms with Gasteiger partial charge in [-0.05, 0) is 33.6 Å². The number of halogens is 1. The maximum Gasteiger partial charge on any atom is 0.307 e. The van der Waals surface area contributed by atoms with Gasteiger partial charge in [-0.3, -0.25) is 4.79 Å². The van der Waals surface area contributed by atoms with Crippen molar-refractivity contribution >= 4 is 21.9 Å². The minimum atomic E-state index is -0.847. The van der Waals surface area contributed by atoms with Gasteiger partial charge in [0.05, 0.1) is 17.5 Å². The van der Waals surface area contributed by atoms with Crippen molar-refractivity contribution in [2.45, 2.75) is 6.42 Å². The Kier molecular flexibility index (Phi) is 5.28. The van der Waals surface area contributed by atoms with Crippen molar-refractivity contribution in [3.05, 3.63) is 28.2 Å². The number of carboxylic acids is 1. The van der Waals surface area contributed by atoms with Gasteiger partial charge in [0.2, 0.25) is 0 Å². The fourth-order valence-electron chi connectivity index (χ4n) is 1.18. The van der Waals surface area contributed by atoms with Gasteiger partial charge in [-0.2, -0.15) is 0 Å². The van der Waals surface area contributed by atoms with Crippen LogP contribution in [0, 0.1) is 0 Å². The standard InChI is InChI=1S/C11H13BrO4/c1-15-4-5-16-10-3-2-8(6-9(10)12)7-11(13)14/h2-3,6H,4-5,7H2,1H3,(H,13,14). The molecule has 0 aromatic heterocycles. The van der Waals surface area contributed by atoms with E-state index in [0.717, 1.165) is 10.0 Å². The van der Waals surface area contributed by atoms with Crippen molar-refractivity contribution < 1.29 is 19.4 Å². The molecule has 0 heterocycles. The topological polar surface area (TPSA) is 55.8 Å². The molecule has 0 spiro atoms. The molecule has 88 valence electrons. The summed E-state index contributed by atoms with van der Waals surface area (Å²) in [6, 6.07) is 5.23. The number of hydrogen-bond acceptors (Lipinski definition) is 3. The predicted octanol–water partition coefficient (Wildman–Crippen LogP) is 2.10. The van der Waals surface area contributed by atoms with Crippen LogP contribution in [0.4, 0.5) is 0 Å². The smallest absolute Gasteiger partial charge is 0.307 e. The summed E-state index contributed by atoms with van der Waals surface area (Å²) in [5.41, 5.74) is 0.735. The molecule has 0 bridgehead atoms. The lowest BCUT2D eigenvalue weighted by molar-refractivity contribution is -0.136. The maximum absolute atomic E-state index is 10.5. The van der Waals surface area contributed by atoms with E-state index in [1.807, 2.05) is 0 Å². The third kappa shape index (κ3) is 4.20. The first-order valence-corrected chi connectivity index (χ1v) is 5.54. The molecule has 1 N–H and O–H groups in total. The lowest BCUT2D eigenvalue weighted by atomic mass is 10.1. The van der Waals surface area contributed by atoms with E-state index in [1.165, 1.54) is 0 Å². The van der Waals surface area contributed by atoms with Crippen LogP contribution >= 0.6 is 15.9 Å². The van der Waals surface area contributed by atoms with Crippen LogP contribution in [0.5, 0.6) is 5.75 Å². The van der Waals surface area contributed by atoms with Gasteiger partial charge in [0.25, 0.3) is 0 Å². The van der Waals surface area contributed by atoms with E-state index in [2.05, 4.69) is 15.9 Å². The normalized spacial score (nSPS) is 10.1. The Morgan fingerprint density at radius 3 is 2.75 bits per heavy atom. The Hall–Kier alpha value is -1.07. The molecule has 0 radical (unpaired) electrons. The van der Waals surface area contributed by atoms with Gasteiger partial charge >= 0.3 is 5.97 Å². The largest absolute Gasteiger partial charge is 0.490 e. The molecular formula is C11H13BrO4. The molecule has 0 unspecified atom stereocenters. The fourth-order valence-corrected chi connectivity index (χ4v) is 1.72. The minimum absolute atomic E-state index is 0.0109. The molecular weight excluding hydrogens is 276 g/mol. The van der Waals surface area contributed by atoms with Crippen molar-refractivity contribution in [3.8, 4) is 5.75 Å². The van der Waals surface area contributed by atoms with Crippen molar-refractivity contribution in [1.29, 1.82) is 0 Å². The van der Waals surface area contributed by atoms with Crippen LogP contribution in [0.25, 0.3) is 0 Å². The molecule has 16 heavy (non-hydrogen) atoms. The summed E-state index contributed by atoms with van der Waals surface area (Å²) >= 11 is 3.33. The summed E-state index contributed by atoms with van der Waals surface area (Å²) in [6.07, 6.45) is 0.0109. The molecule has 0 atom stereocenters. The van der Waals surface area contributed by atoms with Crippen molar-refractivity contribution in [2.24, 2.45) is 0 Å². The number of methoxy groups -OCH3 is 1. The number of carboxylic acid groups (broad SMARTS) is 1. The maximum atomic E-state index is 10.5. The summed E-state index contributed by atoms with van der Waals surface area (Å²) < 4.78 is 11.0. The SMILES string of the molecule is COCCOc1ccc(CC(=O)O)cc1Br. The van der Waals surface area contributed by atoms with Gasteiger partial charge in [0, 0.05) is 7.11 Å². The Morgan fingerprint density at radius 1 is 1.44 bits per heavy atom. The minimum Gasteiger partial charge on any atom is -0.490 e. The van der Waals surface area contributed by atoms with Crippen LogP contribution in [0.15, 0.2) is 22.7 Å². The van der Waals surface area contributed by atoms with E-state index in [1.54, 1.807) is 25.3 Å². The average Bonchev–Trinajstić information content (AvgIpc) is 2.20. The lowest BCUT2D eigenvalue weighted by Gasteiger charge is -2.08. The highest BCUT2D eigenvalue weighted by molar-refractivity contribution is 9.10. The third-order valence-corrected chi connectivity index (χ3v) is 2.52. The predicted molar refractivity (Wildman–Crippen MR) is 62.9 cm³/mol. The van der Waals surface area contributed by atoms with Crippen molar-refractivity contribution in [3.63, 3.8) is 0 Å². The van der Waals surface area contributed by atoms with Gasteiger partial charge in [0.15, 0.2) is 0 Å². The van der Waals surface area contributed by atoms with E-state index < -0.39 is 5.97 Å². The summed E-state index contributed by atoms with van der Waals surface area (Å²) in [5, 5.41) is 8.64. The Labute approximate surface area is 102 Å². The highest BCUT2D eigenvalue weighted by atomic mass is 79.9. The highest BCUT2D eigenvalue weighted by Gasteiger charge is 2.05. The number of hydrogen-bond donors (Lipinski definition) is 1. The second kappa shape index (κ2) is 6.50. The van der Waals surface area contributed by atoms with Crippen LogP contribution in [0.3, 0.4) is 0 Å². The zero-order valence-electron chi connectivity index (χ0n) is 8.90. The van der Waals surface area contributed by atoms with Crippen LogP contribution < -0.4 is 4.74 Å². The van der Waals surface area contributed by atoms with E-state index in [0.29, 0.717) is 19.0 Å². The number of ether oxygens (including phenoxy) is 2. The van der Waals surface area contributed by atoms with Gasteiger partial charge in [-0.25, -0.2) is 0 Å². The Balaban J connectivity index is 2.64. The molecule has 0 saturated carbocycles. The first-order valence-electron chi connectivity index (χ1n) is 4.75. The monoisotopic (exact) mass is 288 g/mol. The van der Waals surface area contributed by atoms with Gasteiger partial charge in [-0.1, -0.05) is 6.07 Å². The summed E-state index contributed by atoms with van der Waals surface area (Å²) in [6.45, 7) is 0.983. The molecule has 5 heteroatoms. The zero-order valence-corrected chi connectivity index (χ0v) is 10.5. The van der Waals surface area contributed by atoms with Gasteiger partial charge in [-0.15, -0.1) is 0 Å². The summed E-state index contributed by atoms with van der Waals surface area (Å²) in [5.74, 6) is -0.161. The number of rotatable bonds is 6. The fraction of sp³-hybridized carbons (Fsp3) is 0.364. The van der Waals surface area contributed by atoms with Crippen molar-refractivity contribution in [1.82, 2.24) is 0 Å².